The maximum atomic E-state index is 11.1. The minimum atomic E-state index is -0.645. The molecule has 0 saturated heterocycles. The molecule has 0 aromatic heterocycles. The third kappa shape index (κ3) is 1.31. The van der Waals surface area contributed by atoms with Gasteiger partial charge < -0.3 is 5.11 Å². The van der Waals surface area contributed by atoms with Crippen LogP contribution in [0.25, 0.3) is 0 Å². The fraction of sp³-hybridized carbons (Fsp3) is 0.417. The lowest BCUT2D eigenvalue weighted by Gasteiger charge is -2.19. The Bertz CT molecular complexity index is 339. The van der Waals surface area contributed by atoms with Gasteiger partial charge in [-0.25, -0.2) is 0 Å². The lowest BCUT2D eigenvalue weighted by atomic mass is 9.85. The molecule has 0 aliphatic heterocycles. The Balaban J connectivity index is 2.25. The summed E-state index contributed by atoms with van der Waals surface area (Å²) in [6.07, 6.45) is 1.64. The van der Waals surface area contributed by atoms with E-state index >= 15 is 0 Å². The van der Waals surface area contributed by atoms with Crippen molar-refractivity contribution in [2.45, 2.75) is 25.7 Å². The molecule has 14 heavy (non-hydrogen) atoms. The van der Waals surface area contributed by atoms with E-state index in [1.165, 1.54) is 0 Å². The first-order valence-corrected chi connectivity index (χ1v) is 4.95. The monoisotopic (exact) mass is 190 g/mol. The van der Waals surface area contributed by atoms with Crippen molar-refractivity contribution in [1.29, 1.82) is 0 Å². The molecule has 1 fully saturated rings. The summed E-state index contributed by atoms with van der Waals surface area (Å²) in [5.41, 5.74) is 0.661. The summed E-state index contributed by atoms with van der Waals surface area (Å²) in [6, 6.07) is 9.89. The number of aliphatic carboxylic acids is 1. The number of benzene rings is 1. The van der Waals surface area contributed by atoms with Crippen LogP contribution < -0.4 is 0 Å². The van der Waals surface area contributed by atoms with Gasteiger partial charge in [0.15, 0.2) is 0 Å². The standard InChI is InChI=1S/C12H14O2/c1-9(10-5-3-2-4-6-10)12(7-8-12)11(13)14/h2-6,9H,7-8H2,1H3,(H,13,14). The van der Waals surface area contributed by atoms with E-state index in [4.69, 9.17) is 5.11 Å². The molecule has 1 aromatic rings. The zero-order chi connectivity index (χ0) is 10.2. The first-order chi connectivity index (χ1) is 6.67. The molecular formula is C12H14O2. The van der Waals surface area contributed by atoms with Gasteiger partial charge in [0, 0.05) is 0 Å². The first-order valence-electron chi connectivity index (χ1n) is 4.95. The third-order valence-electron chi connectivity index (χ3n) is 3.34. The van der Waals surface area contributed by atoms with Crippen molar-refractivity contribution < 1.29 is 9.90 Å². The topological polar surface area (TPSA) is 37.3 Å². The van der Waals surface area contributed by atoms with Crippen LogP contribution in [0.2, 0.25) is 0 Å². The zero-order valence-corrected chi connectivity index (χ0v) is 8.23. The average molecular weight is 190 g/mol. The van der Waals surface area contributed by atoms with E-state index in [9.17, 15) is 4.79 Å². The number of hydrogen-bond donors (Lipinski definition) is 1. The molecule has 2 heteroatoms. The van der Waals surface area contributed by atoms with Crippen molar-refractivity contribution in [1.82, 2.24) is 0 Å². The highest BCUT2D eigenvalue weighted by Crippen LogP contribution is 2.56. The molecule has 0 amide bonds. The molecule has 0 radical (unpaired) electrons. The normalized spacial score (nSPS) is 20.1. The number of carboxylic acids is 1. The number of carboxylic acid groups (broad SMARTS) is 1. The third-order valence-corrected chi connectivity index (χ3v) is 3.34. The number of rotatable bonds is 3. The van der Waals surface area contributed by atoms with Crippen molar-refractivity contribution in [2.75, 3.05) is 0 Å². The van der Waals surface area contributed by atoms with Crippen molar-refractivity contribution >= 4 is 5.97 Å². The Hall–Kier alpha value is -1.31. The second kappa shape index (κ2) is 3.12. The van der Waals surface area contributed by atoms with Crippen LogP contribution in [0.4, 0.5) is 0 Å². The predicted octanol–water partition coefficient (Wildman–Crippen LogP) is 2.65. The van der Waals surface area contributed by atoms with Gasteiger partial charge in [0.25, 0.3) is 0 Å². The Labute approximate surface area is 83.6 Å². The Morgan fingerprint density at radius 2 is 1.93 bits per heavy atom. The largest absolute Gasteiger partial charge is 0.481 e. The van der Waals surface area contributed by atoms with Gasteiger partial charge in [0.05, 0.1) is 5.41 Å². The van der Waals surface area contributed by atoms with Crippen molar-refractivity contribution in [3.05, 3.63) is 35.9 Å². The molecule has 2 nitrogen and oxygen atoms in total. The second-order valence-corrected chi connectivity index (χ2v) is 4.09. The molecule has 0 bridgehead atoms. The molecule has 1 atom stereocenters. The van der Waals surface area contributed by atoms with Gasteiger partial charge in [-0.05, 0) is 24.3 Å². The van der Waals surface area contributed by atoms with Crippen LogP contribution >= 0.6 is 0 Å². The fourth-order valence-corrected chi connectivity index (χ4v) is 2.03. The van der Waals surface area contributed by atoms with E-state index in [-0.39, 0.29) is 5.92 Å². The van der Waals surface area contributed by atoms with Crippen molar-refractivity contribution in [3.63, 3.8) is 0 Å². The van der Waals surface area contributed by atoms with Gasteiger partial charge in [-0.1, -0.05) is 37.3 Å². The minimum absolute atomic E-state index is 0.126. The summed E-state index contributed by atoms with van der Waals surface area (Å²) in [6.45, 7) is 2.01. The summed E-state index contributed by atoms with van der Waals surface area (Å²) in [5.74, 6) is -0.518. The summed E-state index contributed by atoms with van der Waals surface area (Å²) < 4.78 is 0. The molecule has 1 aliphatic carbocycles. The highest BCUT2D eigenvalue weighted by atomic mass is 16.4. The van der Waals surface area contributed by atoms with Gasteiger partial charge in [0.2, 0.25) is 0 Å². The lowest BCUT2D eigenvalue weighted by molar-refractivity contribution is -0.144. The average Bonchev–Trinajstić information content (AvgIpc) is 2.99. The van der Waals surface area contributed by atoms with E-state index in [1.807, 2.05) is 37.3 Å². The molecule has 1 aromatic carbocycles. The van der Waals surface area contributed by atoms with Gasteiger partial charge in [-0.15, -0.1) is 0 Å². The maximum absolute atomic E-state index is 11.1. The fourth-order valence-electron chi connectivity index (χ4n) is 2.03. The number of hydrogen-bond acceptors (Lipinski definition) is 1. The molecule has 74 valence electrons. The van der Waals surface area contributed by atoms with Gasteiger partial charge in [-0.2, -0.15) is 0 Å². The summed E-state index contributed by atoms with van der Waals surface area (Å²) in [7, 11) is 0. The predicted molar refractivity (Wildman–Crippen MR) is 54.2 cm³/mol. The molecule has 1 aliphatic rings. The molecular weight excluding hydrogens is 176 g/mol. The summed E-state index contributed by atoms with van der Waals surface area (Å²) in [5, 5.41) is 9.14. The molecule has 1 N–H and O–H groups in total. The van der Waals surface area contributed by atoms with E-state index in [0.29, 0.717) is 0 Å². The van der Waals surface area contributed by atoms with Gasteiger partial charge in [0.1, 0.15) is 0 Å². The van der Waals surface area contributed by atoms with E-state index < -0.39 is 11.4 Å². The van der Waals surface area contributed by atoms with Crippen LogP contribution in [0.5, 0.6) is 0 Å². The Morgan fingerprint density at radius 1 is 1.36 bits per heavy atom. The molecule has 2 rings (SSSR count). The quantitative estimate of drug-likeness (QED) is 0.795. The van der Waals surface area contributed by atoms with Crippen LogP contribution in [0, 0.1) is 5.41 Å². The highest BCUT2D eigenvalue weighted by molar-refractivity contribution is 5.79. The lowest BCUT2D eigenvalue weighted by Crippen LogP contribution is -2.21. The molecule has 1 unspecified atom stereocenters. The van der Waals surface area contributed by atoms with E-state index in [2.05, 4.69) is 0 Å². The first kappa shape index (κ1) is 9.25. The second-order valence-electron chi connectivity index (χ2n) is 4.09. The summed E-state index contributed by atoms with van der Waals surface area (Å²) in [4.78, 5) is 11.1. The highest BCUT2D eigenvalue weighted by Gasteiger charge is 2.54. The van der Waals surface area contributed by atoms with Crippen LogP contribution in [0.1, 0.15) is 31.2 Å². The Morgan fingerprint density at radius 3 is 2.36 bits per heavy atom. The summed E-state index contributed by atoms with van der Waals surface area (Å²) >= 11 is 0. The zero-order valence-electron chi connectivity index (χ0n) is 8.23. The smallest absolute Gasteiger partial charge is 0.310 e. The van der Waals surface area contributed by atoms with Crippen molar-refractivity contribution in [3.8, 4) is 0 Å². The Kier molecular flexibility index (Phi) is 2.06. The van der Waals surface area contributed by atoms with Crippen LogP contribution in [-0.4, -0.2) is 11.1 Å². The molecule has 0 heterocycles. The van der Waals surface area contributed by atoms with Crippen LogP contribution in [0.3, 0.4) is 0 Å². The van der Waals surface area contributed by atoms with Crippen LogP contribution in [0.15, 0.2) is 30.3 Å². The van der Waals surface area contributed by atoms with Crippen molar-refractivity contribution in [2.24, 2.45) is 5.41 Å². The minimum Gasteiger partial charge on any atom is -0.481 e. The maximum Gasteiger partial charge on any atom is 0.310 e. The van der Waals surface area contributed by atoms with E-state index in [0.717, 1.165) is 18.4 Å². The SMILES string of the molecule is CC(c1ccccc1)C1(C(=O)O)CC1. The molecule has 1 saturated carbocycles. The van der Waals surface area contributed by atoms with E-state index in [1.54, 1.807) is 0 Å². The number of carbonyl (C=O) groups is 1. The molecule has 0 spiro atoms. The van der Waals surface area contributed by atoms with Gasteiger partial charge in [-0.3, -0.25) is 4.79 Å². The van der Waals surface area contributed by atoms with Gasteiger partial charge >= 0.3 is 5.97 Å². The van der Waals surface area contributed by atoms with Crippen LogP contribution in [-0.2, 0) is 4.79 Å².